The van der Waals surface area contributed by atoms with Crippen molar-refractivity contribution in [2.75, 3.05) is 17.7 Å². The Morgan fingerprint density at radius 1 is 1.20 bits per heavy atom. The van der Waals surface area contributed by atoms with Crippen molar-refractivity contribution >= 4 is 23.5 Å². The summed E-state index contributed by atoms with van der Waals surface area (Å²) in [5.74, 6) is 1.02. The van der Waals surface area contributed by atoms with Gasteiger partial charge in [-0.3, -0.25) is 0 Å². The zero-order valence-electron chi connectivity index (χ0n) is 11.8. The third-order valence-electron chi connectivity index (χ3n) is 3.86. The maximum absolute atomic E-state index is 9.56. The lowest BCUT2D eigenvalue weighted by atomic mass is 9.76. The predicted octanol–water partition coefficient (Wildman–Crippen LogP) is 2.84. The van der Waals surface area contributed by atoms with Gasteiger partial charge in [0.15, 0.2) is 0 Å². The number of hydrogen-bond donors (Lipinski definition) is 2. The van der Waals surface area contributed by atoms with Crippen LogP contribution < -0.4 is 10.6 Å². The van der Waals surface area contributed by atoms with Crippen molar-refractivity contribution in [3.8, 4) is 6.07 Å². The van der Waals surface area contributed by atoms with Gasteiger partial charge in [0.25, 0.3) is 0 Å². The second-order valence-corrected chi connectivity index (χ2v) is 5.61. The van der Waals surface area contributed by atoms with E-state index in [0.717, 1.165) is 12.8 Å². The Labute approximate surface area is 124 Å². The molecule has 0 radical (unpaired) electrons. The van der Waals surface area contributed by atoms with Crippen LogP contribution in [0.3, 0.4) is 0 Å². The first kappa shape index (κ1) is 14.8. The van der Waals surface area contributed by atoms with E-state index in [9.17, 15) is 5.26 Å². The van der Waals surface area contributed by atoms with Gasteiger partial charge in [-0.2, -0.15) is 20.2 Å². The van der Waals surface area contributed by atoms with E-state index in [1.54, 1.807) is 7.05 Å². The molecule has 20 heavy (non-hydrogen) atoms. The fourth-order valence-electron chi connectivity index (χ4n) is 2.65. The standard InChI is InChI=1S/C13H19ClN6/c1-13(8-15,9-6-4-3-5-7-9)20-12-18-10(14)17-11(16-2)19-12/h9H,3-7H2,1-2H3,(H2,16,17,18,19,20). The molecule has 1 atom stereocenters. The van der Waals surface area contributed by atoms with E-state index in [1.165, 1.54) is 19.3 Å². The highest BCUT2D eigenvalue weighted by atomic mass is 35.5. The van der Waals surface area contributed by atoms with Crippen LogP contribution in [0.5, 0.6) is 0 Å². The normalized spacial score (nSPS) is 18.9. The fraction of sp³-hybridized carbons (Fsp3) is 0.692. The Morgan fingerprint density at radius 3 is 2.45 bits per heavy atom. The first-order valence-corrected chi connectivity index (χ1v) is 7.24. The van der Waals surface area contributed by atoms with Gasteiger partial charge in [-0.05, 0) is 37.3 Å². The zero-order chi connectivity index (χ0) is 14.6. The van der Waals surface area contributed by atoms with Crippen LogP contribution in [0.15, 0.2) is 0 Å². The monoisotopic (exact) mass is 294 g/mol. The molecule has 6 nitrogen and oxygen atoms in total. The lowest BCUT2D eigenvalue weighted by molar-refractivity contribution is 0.285. The van der Waals surface area contributed by atoms with Gasteiger partial charge >= 0.3 is 0 Å². The van der Waals surface area contributed by atoms with E-state index in [2.05, 4.69) is 31.7 Å². The van der Waals surface area contributed by atoms with Crippen LogP contribution in [0.2, 0.25) is 5.28 Å². The molecule has 0 spiro atoms. The van der Waals surface area contributed by atoms with Gasteiger partial charge in [-0.15, -0.1) is 0 Å². The number of aromatic nitrogens is 3. The highest BCUT2D eigenvalue weighted by Gasteiger charge is 2.36. The Hall–Kier alpha value is -1.61. The summed E-state index contributed by atoms with van der Waals surface area (Å²) in [4.78, 5) is 12.2. The van der Waals surface area contributed by atoms with Gasteiger partial charge in [0.05, 0.1) is 6.07 Å². The maximum atomic E-state index is 9.56. The lowest BCUT2D eigenvalue weighted by Crippen LogP contribution is -2.43. The van der Waals surface area contributed by atoms with Gasteiger partial charge < -0.3 is 10.6 Å². The quantitative estimate of drug-likeness (QED) is 0.888. The largest absolute Gasteiger partial charge is 0.357 e. The minimum atomic E-state index is -0.684. The number of anilines is 2. The van der Waals surface area contributed by atoms with Crippen molar-refractivity contribution in [1.82, 2.24) is 15.0 Å². The third kappa shape index (κ3) is 3.28. The van der Waals surface area contributed by atoms with Crippen LogP contribution in [0.4, 0.5) is 11.9 Å². The van der Waals surface area contributed by atoms with E-state index in [4.69, 9.17) is 11.6 Å². The number of nitriles is 1. The zero-order valence-corrected chi connectivity index (χ0v) is 12.5. The van der Waals surface area contributed by atoms with Crippen molar-refractivity contribution in [3.63, 3.8) is 0 Å². The molecule has 108 valence electrons. The van der Waals surface area contributed by atoms with Crippen molar-refractivity contribution in [1.29, 1.82) is 5.26 Å². The van der Waals surface area contributed by atoms with Crippen molar-refractivity contribution in [2.24, 2.45) is 5.92 Å². The summed E-state index contributed by atoms with van der Waals surface area (Å²) < 4.78 is 0. The molecule has 0 bridgehead atoms. The summed E-state index contributed by atoms with van der Waals surface area (Å²) >= 11 is 5.86. The number of nitrogens with one attached hydrogen (secondary N) is 2. The minimum Gasteiger partial charge on any atom is -0.357 e. The number of nitrogens with zero attached hydrogens (tertiary/aromatic N) is 4. The third-order valence-corrected chi connectivity index (χ3v) is 4.03. The molecular formula is C13H19ClN6. The number of rotatable bonds is 4. The Balaban J connectivity index is 2.20. The van der Waals surface area contributed by atoms with E-state index in [1.807, 2.05) is 6.92 Å². The molecule has 1 saturated carbocycles. The molecule has 0 aromatic carbocycles. The fourth-order valence-corrected chi connectivity index (χ4v) is 2.81. The van der Waals surface area contributed by atoms with Crippen LogP contribution in [0, 0.1) is 17.2 Å². The van der Waals surface area contributed by atoms with Gasteiger partial charge in [-0.25, -0.2) is 0 Å². The average molecular weight is 295 g/mol. The van der Waals surface area contributed by atoms with Gasteiger partial charge in [0.2, 0.25) is 17.2 Å². The molecule has 1 aromatic heterocycles. The predicted molar refractivity (Wildman–Crippen MR) is 78.6 cm³/mol. The summed E-state index contributed by atoms with van der Waals surface area (Å²) in [5, 5.41) is 15.6. The van der Waals surface area contributed by atoms with Crippen LogP contribution in [-0.4, -0.2) is 27.5 Å². The first-order chi connectivity index (χ1) is 9.57. The SMILES string of the molecule is CNc1nc(Cl)nc(NC(C)(C#N)C2CCCCC2)n1. The Kier molecular flexibility index (Phi) is 4.61. The molecule has 2 rings (SSSR count). The molecule has 1 heterocycles. The summed E-state index contributed by atoms with van der Waals surface area (Å²) in [6.07, 6.45) is 5.69. The molecule has 7 heteroatoms. The topological polar surface area (TPSA) is 86.5 Å². The van der Waals surface area contributed by atoms with Crippen molar-refractivity contribution < 1.29 is 0 Å². The molecule has 2 N–H and O–H groups in total. The van der Waals surface area contributed by atoms with Gasteiger partial charge in [0.1, 0.15) is 5.54 Å². The number of halogens is 1. The summed E-state index contributed by atoms with van der Waals surface area (Å²) in [7, 11) is 1.71. The van der Waals surface area contributed by atoms with Crippen LogP contribution >= 0.6 is 11.6 Å². The van der Waals surface area contributed by atoms with Gasteiger partial charge in [0, 0.05) is 7.05 Å². The smallest absolute Gasteiger partial charge is 0.230 e. The summed E-state index contributed by atoms with van der Waals surface area (Å²) in [6.45, 7) is 1.90. The number of hydrogen-bond acceptors (Lipinski definition) is 6. The van der Waals surface area contributed by atoms with Gasteiger partial charge in [-0.1, -0.05) is 19.3 Å². The molecular weight excluding hydrogens is 276 g/mol. The molecule has 1 fully saturated rings. The Bertz CT molecular complexity index is 508. The van der Waals surface area contributed by atoms with Crippen LogP contribution in [0.1, 0.15) is 39.0 Å². The molecule has 1 aromatic rings. The molecule has 0 amide bonds. The molecule has 0 aliphatic heterocycles. The molecule has 1 aliphatic carbocycles. The van der Waals surface area contributed by atoms with Crippen molar-refractivity contribution in [3.05, 3.63) is 5.28 Å². The second kappa shape index (κ2) is 6.23. The van der Waals surface area contributed by atoms with E-state index < -0.39 is 5.54 Å². The Morgan fingerprint density at radius 2 is 1.85 bits per heavy atom. The summed E-state index contributed by atoms with van der Waals surface area (Å²) in [5.41, 5.74) is -0.684. The van der Waals surface area contributed by atoms with E-state index >= 15 is 0 Å². The molecule has 1 aliphatic rings. The maximum Gasteiger partial charge on any atom is 0.230 e. The molecule has 0 saturated heterocycles. The van der Waals surface area contributed by atoms with Crippen LogP contribution in [0.25, 0.3) is 0 Å². The first-order valence-electron chi connectivity index (χ1n) is 6.86. The minimum absolute atomic E-state index is 0.107. The summed E-state index contributed by atoms with van der Waals surface area (Å²) in [6, 6.07) is 2.38. The van der Waals surface area contributed by atoms with Crippen LogP contribution in [-0.2, 0) is 0 Å². The van der Waals surface area contributed by atoms with E-state index in [-0.39, 0.29) is 5.28 Å². The van der Waals surface area contributed by atoms with E-state index in [0.29, 0.717) is 17.8 Å². The average Bonchev–Trinajstić information content (AvgIpc) is 2.47. The highest BCUT2D eigenvalue weighted by molar-refractivity contribution is 6.28. The highest BCUT2D eigenvalue weighted by Crippen LogP contribution is 2.34. The molecule has 1 unspecified atom stereocenters. The lowest BCUT2D eigenvalue weighted by Gasteiger charge is -2.35. The second-order valence-electron chi connectivity index (χ2n) is 5.28. The van der Waals surface area contributed by atoms with Crippen molar-refractivity contribution in [2.45, 2.75) is 44.6 Å².